The second kappa shape index (κ2) is 6.95. The topological polar surface area (TPSA) is 12.0 Å². The van der Waals surface area contributed by atoms with Crippen LogP contribution in [0.5, 0.6) is 0 Å². The maximum atomic E-state index is 6.20. The van der Waals surface area contributed by atoms with Gasteiger partial charge < -0.3 is 5.32 Å². The first-order valence-corrected chi connectivity index (χ1v) is 7.09. The van der Waals surface area contributed by atoms with Crippen molar-refractivity contribution in [3.63, 3.8) is 0 Å². The molecule has 0 aliphatic rings. The predicted molar refractivity (Wildman–Crippen MR) is 83.2 cm³/mol. The van der Waals surface area contributed by atoms with E-state index < -0.39 is 0 Å². The molecule has 2 aromatic rings. The first-order chi connectivity index (χ1) is 9.19. The lowest BCUT2D eigenvalue weighted by Gasteiger charge is -2.17. The van der Waals surface area contributed by atoms with Crippen molar-refractivity contribution in [1.82, 2.24) is 5.32 Å². The fourth-order valence-corrected chi connectivity index (χ4v) is 2.45. The first kappa shape index (κ1) is 14.4. The normalized spacial score (nSPS) is 12.4. The zero-order valence-electron chi connectivity index (χ0n) is 10.9. The Hall–Kier alpha value is -1.02. The molecule has 0 aromatic heterocycles. The van der Waals surface area contributed by atoms with Gasteiger partial charge in [0.25, 0.3) is 0 Å². The molecule has 100 valence electrons. The van der Waals surface area contributed by atoms with Crippen LogP contribution in [0.3, 0.4) is 0 Å². The molecule has 0 saturated heterocycles. The maximum absolute atomic E-state index is 6.20. The summed E-state index contributed by atoms with van der Waals surface area (Å²) in [6.45, 7) is 0. The van der Waals surface area contributed by atoms with Gasteiger partial charge in [-0.15, -0.1) is 0 Å². The Bertz CT molecular complexity index is 523. The van der Waals surface area contributed by atoms with Crippen molar-refractivity contribution in [3.8, 4) is 0 Å². The number of halogens is 2. The molecule has 0 bridgehead atoms. The van der Waals surface area contributed by atoms with E-state index in [2.05, 4.69) is 23.5 Å². The Kier molecular flexibility index (Phi) is 5.26. The average Bonchev–Trinajstić information content (AvgIpc) is 2.43. The Balaban J connectivity index is 2.05. The number of rotatable bonds is 5. The number of likely N-dealkylation sites (N-methyl/N-ethyl adjacent to an activating group) is 1. The van der Waals surface area contributed by atoms with E-state index in [-0.39, 0.29) is 0 Å². The van der Waals surface area contributed by atoms with Gasteiger partial charge in [0.15, 0.2) is 0 Å². The van der Waals surface area contributed by atoms with Crippen LogP contribution < -0.4 is 5.32 Å². The van der Waals surface area contributed by atoms with Gasteiger partial charge in [-0.05, 0) is 49.2 Å². The summed E-state index contributed by atoms with van der Waals surface area (Å²) in [6, 6.07) is 16.4. The second-order valence-corrected chi connectivity index (χ2v) is 5.46. The number of hydrogen-bond donors (Lipinski definition) is 1. The quantitative estimate of drug-likeness (QED) is 0.863. The van der Waals surface area contributed by atoms with Crippen molar-refractivity contribution < 1.29 is 0 Å². The third kappa shape index (κ3) is 4.24. The summed E-state index contributed by atoms with van der Waals surface area (Å²) in [5.74, 6) is 0. The summed E-state index contributed by atoms with van der Waals surface area (Å²) in [4.78, 5) is 0. The number of hydrogen-bond acceptors (Lipinski definition) is 1. The Morgan fingerprint density at radius 3 is 2.26 bits per heavy atom. The van der Waals surface area contributed by atoms with Gasteiger partial charge >= 0.3 is 0 Å². The van der Waals surface area contributed by atoms with E-state index in [9.17, 15) is 0 Å². The van der Waals surface area contributed by atoms with Gasteiger partial charge in [-0.2, -0.15) is 0 Å². The van der Waals surface area contributed by atoms with Gasteiger partial charge in [-0.3, -0.25) is 0 Å². The van der Waals surface area contributed by atoms with Crippen LogP contribution in [-0.4, -0.2) is 13.1 Å². The molecule has 0 fully saturated rings. The van der Waals surface area contributed by atoms with Crippen LogP contribution in [0.25, 0.3) is 0 Å². The van der Waals surface area contributed by atoms with Crippen LogP contribution in [0.1, 0.15) is 11.1 Å². The van der Waals surface area contributed by atoms with Crippen molar-refractivity contribution in [2.24, 2.45) is 0 Å². The zero-order valence-corrected chi connectivity index (χ0v) is 12.4. The SMILES string of the molecule is CNC(Cc1ccc(Cl)cc1)Cc1ccccc1Cl. The highest BCUT2D eigenvalue weighted by molar-refractivity contribution is 6.31. The monoisotopic (exact) mass is 293 g/mol. The Morgan fingerprint density at radius 2 is 1.63 bits per heavy atom. The standard InChI is InChI=1S/C16H17Cl2N/c1-19-15(10-12-6-8-14(17)9-7-12)11-13-4-2-3-5-16(13)18/h2-9,15,19H,10-11H2,1H3. The summed E-state index contributed by atoms with van der Waals surface area (Å²) in [6.07, 6.45) is 1.87. The van der Waals surface area contributed by atoms with Crippen LogP contribution in [0.2, 0.25) is 10.0 Å². The smallest absolute Gasteiger partial charge is 0.0438 e. The van der Waals surface area contributed by atoms with Crippen molar-refractivity contribution in [3.05, 3.63) is 69.7 Å². The molecule has 2 rings (SSSR count). The molecule has 0 radical (unpaired) electrons. The van der Waals surface area contributed by atoms with Crippen LogP contribution in [-0.2, 0) is 12.8 Å². The molecule has 3 heteroatoms. The van der Waals surface area contributed by atoms with Gasteiger partial charge in [0.1, 0.15) is 0 Å². The lowest BCUT2D eigenvalue weighted by Crippen LogP contribution is -2.30. The van der Waals surface area contributed by atoms with E-state index in [4.69, 9.17) is 23.2 Å². The fraction of sp³-hybridized carbons (Fsp3) is 0.250. The van der Waals surface area contributed by atoms with E-state index in [1.807, 2.05) is 37.4 Å². The molecule has 1 unspecified atom stereocenters. The molecule has 19 heavy (non-hydrogen) atoms. The molecule has 0 amide bonds. The summed E-state index contributed by atoms with van der Waals surface area (Å²) < 4.78 is 0. The first-order valence-electron chi connectivity index (χ1n) is 6.34. The second-order valence-electron chi connectivity index (χ2n) is 4.61. The molecule has 0 aliphatic heterocycles. The van der Waals surface area contributed by atoms with E-state index in [0.717, 1.165) is 22.9 Å². The Labute approximate surface area is 124 Å². The third-order valence-electron chi connectivity index (χ3n) is 3.23. The van der Waals surface area contributed by atoms with Crippen molar-refractivity contribution in [2.75, 3.05) is 7.05 Å². The third-order valence-corrected chi connectivity index (χ3v) is 3.85. The van der Waals surface area contributed by atoms with E-state index in [0.29, 0.717) is 6.04 Å². The summed E-state index contributed by atoms with van der Waals surface area (Å²) in [5.41, 5.74) is 2.45. The molecular weight excluding hydrogens is 277 g/mol. The molecule has 0 aliphatic carbocycles. The molecule has 1 atom stereocenters. The summed E-state index contributed by atoms with van der Waals surface area (Å²) in [7, 11) is 1.98. The van der Waals surface area contributed by atoms with Crippen LogP contribution in [0, 0.1) is 0 Å². The van der Waals surface area contributed by atoms with E-state index in [1.54, 1.807) is 0 Å². The predicted octanol–water partition coefficient (Wildman–Crippen LogP) is 4.37. The molecule has 1 nitrogen and oxygen atoms in total. The van der Waals surface area contributed by atoms with Crippen molar-refractivity contribution in [2.45, 2.75) is 18.9 Å². The summed E-state index contributed by atoms with van der Waals surface area (Å²) >= 11 is 12.1. The molecule has 0 spiro atoms. The Morgan fingerprint density at radius 1 is 0.947 bits per heavy atom. The van der Waals surface area contributed by atoms with Gasteiger partial charge in [-0.1, -0.05) is 53.5 Å². The van der Waals surface area contributed by atoms with Gasteiger partial charge in [-0.25, -0.2) is 0 Å². The minimum atomic E-state index is 0.362. The summed E-state index contributed by atoms with van der Waals surface area (Å²) in [5, 5.41) is 4.96. The maximum Gasteiger partial charge on any atom is 0.0438 e. The highest BCUT2D eigenvalue weighted by Gasteiger charge is 2.10. The molecule has 0 heterocycles. The molecule has 1 N–H and O–H groups in total. The molecular formula is C16H17Cl2N. The minimum Gasteiger partial charge on any atom is -0.316 e. The highest BCUT2D eigenvalue weighted by atomic mass is 35.5. The van der Waals surface area contributed by atoms with E-state index in [1.165, 1.54) is 11.1 Å². The van der Waals surface area contributed by atoms with Crippen LogP contribution in [0.4, 0.5) is 0 Å². The largest absolute Gasteiger partial charge is 0.316 e. The minimum absolute atomic E-state index is 0.362. The molecule has 2 aromatic carbocycles. The fourth-order valence-electron chi connectivity index (χ4n) is 2.11. The molecule has 0 saturated carbocycles. The highest BCUT2D eigenvalue weighted by Crippen LogP contribution is 2.18. The lowest BCUT2D eigenvalue weighted by molar-refractivity contribution is 0.556. The number of benzene rings is 2. The van der Waals surface area contributed by atoms with Crippen LogP contribution >= 0.6 is 23.2 Å². The lowest BCUT2D eigenvalue weighted by atomic mass is 9.99. The van der Waals surface area contributed by atoms with Gasteiger partial charge in [0, 0.05) is 16.1 Å². The van der Waals surface area contributed by atoms with E-state index >= 15 is 0 Å². The van der Waals surface area contributed by atoms with Crippen molar-refractivity contribution in [1.29, 1.82) is 0 Å². The van der Waals surface area contributed by atoms with Crippen LogP contribution in [0.15, 0.2) is 48.5 Å². The number of nitrogens with one attached hydrogen (secondary N) is 1. The van der Waals surface area contributed by atoms with Gasteiger partial charge in [0.2, 0.25) is 0 Å². The average molecular weight is 294 g/mol. The zero-order chi connectivity index (χ0) is 13.7. The van der Waals surface area contributed by atoms with Crippen molar-refractivity contribution >= 4 is 23.2 Å². The van der Waals surface area contributed by atoms with Gasteiger partial charge in [0.05, 0.1) is 0 Å².